The third kappa shape index (κ3) is 4.32. The van der Waals surface area contributed by atoms with Crippen LogP contribution in [-0.2, 0) is 10.0 Å². The second-order valence-electron chi connectivity index (χ2n) is 5.39. The minimum absolute atomic E-state index is 0.139. The van der Waals surface area contributed by atoms with Crippen LogP contribution in [0.2, 0.25) is 0 Å². The van der Waals surface area contributed by atoms with E-state index in [2.05, 4.69) is 5.32 Å². The highest BCUT2D eigenvalue weighted by Crippen LogP contribution is 2.18. The third-order valence-electron chi connectivity index (χ3n) is 3.62. The first-order valence-electron chi connectivity index (χ1n) is 7.19. The third-order valence-corrected chi connectivity index (χ3v) is 4.82. The van der Waals surface area contributed by atoms with Crippen molar-refractivity contribution in [2.75, 3.05) is 17.6 Å². The van der Waals surface area contributed by atoms with Crippen LogP contribution >= 0.6 is 0 Å². The first-order chi connectivity index (χ1) is 10.8. The number of carbonyl (C=O) groups is 1. The van der Waals surface area contributed by atoms with E-state index < -0.39 is 10.0 Å². The van der Waals surface area contributed by atoms with Crippen LogP contribution in [0.15, 0.2) is 54.6 Å². The highest BCUT2D eigenvalue weighted by molar-refractivity contribution is 7.92. The number of benzene rings is 2. The van der Waals surface area contributed by atoms with Crippen molar-refractivity contribution in [3.05, 3.63) is 65.7 Å². The van der Waals surface area contributed by atoms with Gasteiger partial charge in [0.1, 0.15) is 0 Å². The Morgan fingerprint density at radius 1 is 1.09 bits per heavy atom. The van der Waals surface area contributed by atoms with Crippen LogP contribution < -0.4 is 9.62 Å². The minimum atomic E-state index is -3.36. The van der Waals surface area contributed by atoms with E-state index in [4.69, 9.17) is 0 Å². The smallest absolute Gasteiger partial charge is 0.251 e. The molecule has 0 spiro atoms. The van der Waals surface area contributed by atoms with Crippen molar-refractivity contribution in [2.24, 2.45) is 0 Å². The van der Waals surface area contributed by atoms with Crippen molar-refractivity contribution in [2.45, 2.75) is 13.0 Å². The van der Waals surface area contributed by atoms with Gasteiger partial charge in [0.25, 0.3) is 5.91 Å². The zero-order valence-corrected chi connectivity index (χ0v) is 14.2. The summed E-state index contributed by atoms with van der Waals surface area (Å²) in [4.78, 5) is 12.4. The van der Waals surface area contributed by atoms with Gasteiger partial charge in [-0.1, -0.05) is 36.4 Å². The molecule has 0 bridgehead atoms. The lowest BCUT2D eigenvalue weighted by atomic mass is 10.1. The fraction of sp³-hybridized carbons (Fsp3) is 0.235. The number of nitrogens with one attached hydrogen (secondary N) is 1. The molecule has 2 aromatic carbocycles. The molecule has 0 aromatic heterocycles. The van der Waals surface area contributed by atoms with E-state index in [0.717, 1.165) is 16.1 Å². The van der Waals surface area contributed by atoms with Crippen LogP contribution in [0, 0.1) is 0 Å². The molecular formula is C17H20N2O3S. The lowest BCUT2D eigenvalue weighted by Crippen LogP contribution is -2.28. The summed E-state index contributed by atoms with van der Waals surface area (Å²) < 4.78 is 24.3. The molecule has 6 heteroatoms. The van der Waals surface area contributed by atoms with Crippen LogP contribution in [0.5, 0.6) is 0 Å². The molecule has 0 fully saturated rings. The molecule has 0 aliphatic heterocycles. The topological polar surface area (TPSA) is 66.5 Å². The number of anilines is 1. The molecule has 1 N–H and O–H groups in total. The molecular weight excluding hydrogens is 312 g/mol. The van der Waals surface area contributed by atoms with Gasteiger partial charge in [0, 0.05) is 12.6 Å². The van der Waals surface area contributed by atoms with Gasteiger partial charge in [-0.05, 0) is 30.7 Å². The molecule has 122 valence electrons. The van der Waals surface area contributed by atoms with Gasteiger partial charge >= 0.3 is 0 Å². The Hall–Kier alpha value is -2.34. The summed E-state index contributed by atoms with van der Waals surface area (Å²) >= 11 is 0. The molecule has 0 aliphatic carbocycles. The summed E-state index contributed by atoms with van der Waals surface area (Å²) in [5, 5.41) is 2.91. The highest BCUT2D eigenvalue weighted by atomic mass is 32.2. The lowest BCUT2D eigenvalue weighted by molar-refractivity contribution is 0.0940. The molecule has 2 rings (SSSR count). The van der Waals surface area contributed by atoms with Gasteiger partial charge in [-0.2, -0.15) is 0 Å². The molecule has 0 heterocycles. The van der Waals surface area contributed by atoms with Crippen LogP contribution in [0.4, 0.5) is 5.69 Å². The van der Waals surface area contributed by atoms with Crippen molar-refractivity contribution in [3.63, 3.8) is 0 Å². The Morgan fingerprint density at radius 3 is 2.35 bits per heavy atom. The maximum Gasteiger partial charge on any atom is 0.251 e. The van der Waals surface area contributed by atoms with Crippen LogP contribution in [0.3, 0.4) is 0 Å². The van der Waals surface area contributed by atoms with Crippen LogP contribution in [0.25, 0.3) is 0 Å². The van der Waals surface area contributed by atoms with Gasteiger partial charge in [0.05, 0.1) is 18.0 Å². The summed E-state index contributed by atoms with van der Waals surface area (Å²) in [6.45, 7) is 1.90. The fourth-order valence-electron chi connectivity index (χ4n) is 2.14. The molecule has 0 saturated heterocycles. The Bertz CT molecular complexity index is 788. The molecule has 0 saturated carbocycles. The van der Waals surface area contributed by atoms with Crippen LogP contribution in [0.1, 0.15) is 28.9 Å². The van der Waals surface area contributed by atoms with E-state index in [9.17, 15) is 13.2 Å². The predicted octanol–water partition coefficient (Wildman–Crippen LogP) is 2.57. The Labute approximate surface area is 137 Å². The van der Waals surface area contributed by atoms with Gasteiger partial charge in [-0.25, -0.2) is 8.42 Å². The van der Waals surface area contributed by atoms with Crippen LogP contribution in [-0.4, -0.2) is 27.6 Å². The average Bonchev–Trinajstić information content (AvgIpc) is 2.54. The van der Waals surface area contributed by atoms with Gasteiger partial charge in [0.15, 0.2) is 0 Å². The van der Waals surface area contributed by atoms with E-state index in [0.29, 0.717) is 11.3 Å². The van der Waals surface area contributed by atoms with E-state index in [-0.39, 0.29) is 11.9 Å². The number of hydrogen-bond acceptors (Lipinski definition) is 3. The molecule has 0 radical (unpaired) electrons. The number of nitrogens with zero attached hydrogens (tertiary/aromatic N) is 1. The van der Waals surface area contributed by atoms with E-state index in [1.165, 1.54) is 7.05 Å². The van der Waals surface area contributed by atoms with E-state index in [1.807, 2.05) is 37.3 Å². The first-order valence-corrected chi connectivity index (χ1v) is 9.03. The summed E-state index contributed by atoms with van der Waals surface area (Å²) in [5.41, 5.74) is 1.87. The second kappa shape index (κ2) is 6.83. The van der Waals surface area contributed by atoms with Crippen molar-refractivity contribution in [3.8, 4) is 0 Å². The van der Waals surface area contributed by atoms with Crippen molar-refractivity contribution in [1.82, 2.24) is 5.32 Å². The number of hydrogen-bond donors (Lipinski definition) is 1. The number of carbonyl (C=O) groups excluding carboxylic acids is 1. The van der Waals surface area contributed by atoms with E-state index >= 15 is 0 Å². The Morgan fingerprint density at radius 2 is 1.74 bits per heavy atom. The number of sulfonamides is 1. The standard InChI is InChI=1S/C17H20N2O3S/c1-13(14-8-5-4-6-9-14)18-17(20)15-10-7-11-16(12-15)19(2)23(3,21)22/h4-13H,1-3H3,(H,18,20)/t13-/m1/s1. The van der Waals surface area contributed by atoms with Gasteiger partial charge in [-0.15, -0.1) is 0 Å². The van der Waals surface area contributed by atoms with Gasteiger partial charge < -0.3 is 5.32 Å². The molecule has 23 heavy (non-hydrogen) atoms. The maximum atomic E-state index is 12.4. The zero-order valence-electron chi connectivity index (χ0n) is 13.4. The molecule has 0 aliphatic rings. The predicted molar refractivity (Wildman–Crippen MR) is 92.0 cm³/mol. The average molecular weight is 332 g/mol. The SMILES string of the molecule is C[C@@H](NC(=O)c1cccc(N(C)S(C)(=O)=O)c1)c1ccccc1. The molecule has 1 atom stereocenters. The Balaban J connectivity index is 2.17. The first kappa shape index (κ1) is 17.0. The lowest BCUT2D eigenvalue weighted by Gasteiger charge is -2.18. The largest absolute Gasteiger partial charge is 0.346 e. The molecule has 5 nitrogen and oxygen atoms in total. The van der Waals surface area contributed by atoms with E-state index in [1.54, 1.807) is 24.3 Å². The van der Waals surface area contributed by atoms with Crippen molar-refractivity contribution < 1.29 is 13.2 Å². The zero-order chi connectivity index (χ0) is 17.0. The maximum absolute atomic E-state index is 12.4. The normalized spacial score (nSPS) is 12.5. The Kier molecular flexibility index (Phi) is 5.05. The fourth-order valence-corrected chi connectivity index (χ4v) is 2.64. The monoisotopic (exact) mass is 332 g/mol. The number of amides is 1. The number of rotatable bonds is 5. The van der Waals surface area contributed by atoms with Crippen molar-refractivity contribution in [1.29, 1.82) is 0 Å². The summed E-state index contributed by atoms with van der Waals surface area (Å²) in [6.07, 6.45) is 1.12. The quantitative estimate of drug-likeness (QED) is 0.915. The summed E-state index contributed by atoms with van der Waals surface area (Å²) in [7, 11) is -1.91. The summed E-state index contributed by atoms with van der Waals surface area (Å²) in [5.74, 6) is -0.245. The highest BCUT2D eigenvalue weighted by Gasteiger charge is 2.15. The minimum Gasteiger partial charge on any atom is -0.346 e. The second-order valence-corrected chi connectivity index (χ2v) is 7.40. The molecule has 2 aromatic rings. The summed E-state index contributed by atoms with van der Waals surface area (Å²) in [6, 6.07) is 16.0. The molecule has 1 amide bonds. The van der Waals surface area contributed by atoms with Gasteiger partial charge in [0.2, 0.25) is 10.0 Å². The van der Waals surface area contributed by atoms with Gasteiger partial charge in [-0.3, -0.25) is 9.10 Å². The van der Waals surface area contributed by atoms with Crippen molar-refractivity contribution >= 4 is 21.6 Å². The molecule has 0 unspecified atom stereocenters.